The van der Waals surface area contributed by atoms with E-state index in [1.807, 2.05) is 5.32 Å². The Morgan fingerprint density at radius 3 is 2.57 bits per heavy atom. The summed E-state index contributed by atoms with van der Waals surface area (Å²) in [5, 5.41) is 16.3. The van der Waals surface area contributed by atoms with Crippen molar-refractivity contribution in [2.24, 2.45) is 5.92 Å². The number of halogens is 5. The third-order valence-corrected chi connectivity index (χ3v) is 8.22. The Bertz CT molecular complexity index is 1490. The van der Waals surface area contributed by atoms with Gasteiger partial charge in [-0.2, -0.15) is 18.3 Å². The molecule has 3 fully saturated rings. The Hall–Kier alpha value is -3.96. The molecule has 3 aliphatic rings. The summed E-state index contributed by atoms with van der Waals surface area (Å²) in [6.45, 7) is 0.990. The van der Waals surface area contributed by atoms with Crippen molar-refractivity contribution in [1.29, 1.82) is 0 Å². The van der Waals surface area contributed by atoms with Crippen molar-refractivity contribution in [2.75, 3.05) is 19.8 Å². The van der Waals surface area contributed by atoms with Crippen molar-refractivity contribution in [2.45, 2.75) is 68.7 Å². The topological polar surface area (TPSA) is 153 Å². The summed E-state index contributed by atoms with van der Waals surface area (Å²) in [5.41, 5.74) is -0.660. The van der Waals surface area contributed by atoms with Crippen LogP contribution in [0.3, 0.4) is 0 Å². The van der Waals surface area contributed by atoms with E-state index in [-0.39, 0.29) is 73.9 Å². The first-order valence-corrected chi connectivity index (χ1v) is 13.3. The van der Waals surface area contributed by atoms with Gasteiger partial charge in [-0.15, -0.1) is 0 Å². The van der Waals surface area contributed by atoms with Gasteiger partial charge in [-0.3, -0.25) is 4.79 Å². The molecule has 2 N–H and O–H groups in total. The lowest BCUT2D eigenvalue weighted by atomic mass is 9.81. The molecular weight excluding hydrogens is 573 g/mol. The largest absolute Gasteiger partial charge is 0.410 e. The average molecular weight is 600 g/mol. The number of aromatic nitrogens is 6. The van der Waals surface area contributed by atoms with Crippen LogP contribution >= 0.6 is 0 Å². The molecule has 18 heteroatoms. The molecule has 3 atom stereocenters. The molecule has 3 amide bonds. The number of carbonyl (C=O) groups excluding carboxylic acids is 2. The number of nitrogens with zero attached hydrogens (tertiary/aromatic N) is 7. The Morgan fingerprint density at radius 1 is 1.19 bits per heavy atom. The molecule has 2 saturated heterocycles. The van der Waals surface area contributed by atoms with Crippen LogP contribution in [0.2, 0.25) is 0 Å². The molecule has 0 aromatic carbocycles. The molecule has 2 aliphatic heterocycles. The van der Waals surface area contributed by atoms with Crippen molar-refractivity contribution in [3.63, 3.8) is 0 Å². The van der Waals surface area contributed by atoms with E-state index in [1.54, 1.807) is 0 Å². The normalized spacial score (nSPS) is 25.6. The zero-order chi connectivity index (χ0) is 29.9. The van der Waals surface area contributed by atoms with Gasteiger partial charge < -0.3 is 20.3 Å². The molecule has 1 aliphatic carbocycles. The fourth-order valence-corrected chi connectivity index (χ4v) is 5.84. The fourth-order valence-electron chi connectivity index (χ4n) is 5.84. The minimum atomic E-state index is -4.64. The Kier molecular flexibility index (Phi) is 6.77. The summed E-state index contributed by atoms with van der Waals surface area (Å²) >= 11 is 0. The van der Waals surface area contributed by atoms with Gasteiger partial charge in [0.2, 0.25) is 5.92 Å². The summed E-state index contributed by atoms with van der Waals surface area (Å²) in [5.74, 6) is -3.80. The van der Waals surface area contributed by atoms with E-state index >= 15 is 0 Å². The second-order valence-electron chi connectivity index (χ2n) is 10.9. The summed E-state index contributed by atoms with van der Waals surface area (Å²) in [7, 11) is 0. The van der Waals surface area contributed by atoms with Crippen LogP contribution in [-0.4, -0.2) is 84.6 Å². The molecule has 5 heterocycles. The molecular formula is C24H26F5N9O4. The average Bonchev–Trinajstić information content (AvgIpc) is 3.72. The van der Waals surface area contributed by atoms with Crippen LogP contribution < -0.4 is 10.6 Å². The van der Waals surface area contributed by atoms with Crippen molar-refractivity contribution in [1.82, 2.24) is 45.4 Å². The van der Waals surface area contributed by atoms with E-state index in [0.29, 0.717) is 0 Å². The highest BCUT2D eigenvalue weighted by Gasteiger charge is 2.55. The van der Waals surface area contributed by atoms with Crippen LogP contribution in [0.25, 0.3) is 5.78 Å². The Labute approximate surface area is 234 Å². The molecule has 13 nitrogen and oxygen atoms in total. The lowest BCUT2D eigenvalue weighted by molar-refractivity contribution is -0.151. The number of carbonyl (C=O) groups is 2. The van der Waals surface area contributed by atoms with E-state index in [2.05, 4.69) is 35.3 Å². The van der Waals surface area contributed by atoms with E-state index in [4.69, 9.17) is 4.74 Å². The number of fused-ring (bicyclic) bond motifs is 1. The predicted molar refractivity (Wildman–Crippen MR) is 129 cm³/mol. The standard InChI is InChI=1S/C24H26F5N9O4/c1-12-17(36-42-35-12)19(39)34-18(13-2-4-23(25,26)5-3-13)14-9-38-20(31-14)32-15(8-30-38)22(6-7-41-11-22)37-10-16(24(27,28)29)33-21(37)40/h8-9,13,16,18H,2-7,10-11H2,1H3,(H,33,40)(H,34,39)/t16-,18+,22-/m1/s1. The second kappa shape index (κ2) is 10.1. The van der Waals surface area contributed by atoms with Crippen molar-refractivity contribution in [3.8, 4) is 0 Å². The molecule has 3 aromatic heterocycles. The Morgan fingerprint density at radius 2 is 1.95 bits per heavy atom. The monoisotopic (exact) mass is 599 g/mol. The predicted octanol–water partition coefficient (Wildman–Crippen LogP) is 2.68. The molecule has 226 valence electrons. The van der Waals surface area contributed by atoms with Gasteiger partial charge in [0.15, 0.2) is 5.69 Å². The summed E-state index contributed by atoms with van der Waals surface area (Å²) in [4.78, 5) is 35.8. The van der Waals surface area contributed by atoms with Gasteiger partial charge in [0.05, 0.1) is 43.0 Å². The number of rotatable bonds is 6. The maximum Gasteiger partial charge on any atom is 0.410 e. The first kappa shape index (κ1) is 28.2. The first-order chi connectivity index (χ1) is 19.9. The van der Waals surface area contributed by atoms with E-state index < -0.39 is 54.1 Å². The summed E-state index contributed by atoms with van der Waals surface area (Å²) in [6.07, 6.45) is -2.12. The maximum absolute atomic E-state index is 14.0. The van der Waals surface area contributed by atoms with Crippen LogP contribution in [0.1, 0.15) is 65.7 Å². The number of hydrogen-bond donors (Lipinski definition) is 2. The molecule has 1 saturated carbocycles. The van der Waals surface area contributed by atoms with Gasteiger partial charge in [-0.1, -0.05) is 5.16 Å². The molecule has 0 unspecified atom stereocenters. The van der Waals surface area contributed by atoms with Gasteiger partial charge in [0.25, 0.3) is 11.7 Å². The van der Waals surface area contributed by atoms with Crippen LogP contribution in [0, 0.1) is 12.8 Å². The number of alkyl halides is 5. The number of urea groups is 1. The number of hydrogen-bond acceptors (Lipinski definition) is 9. The maximum atomic E-state index is 14.0. The SMILES string of the molecule is Cc1nonc1C(=O)N[C@H](c1cn2ncc([C@@]3(N4C[C@H](C(F)(F)F)NC4=O)CCOC3)nc2n1)C1CCC(F)(F)CC1. The molecule has 0 bridgehead atoms. The smallest absolute Gasteiger partial charge is 0.378 e. The van der Waals surface area contributed by atoms with Gasteiger partial charge >= 0.3 is 12.2 Å². The number of nitrogens with one attached hydrogen (secondary N) is 2. The highest BCUT2D eigenvalue weighted by Crippen LogP contribution is 2.42. The van der Waals surface area contributed by atoms with Crippen molar-refractivity contribution >= 4 is 17.7 Å². The molecule has 42 heavy (non-hydrogen) atoms. The van der Waals surface area contributed by atoms with Gasteiger partial charge in [0, 0.05) is 25.9 Å². The summed E-state index contributed by atoms with van der Waals surface area (Å²) in [6, 6.07) is -3.77. The third-order valence-electron chi connectivity index (χ3n) is 8.22. The molecule has 3 aromatic rings. The molecule has 0 spiro atoms. The fraction of sp³-hybridized carbons (Fsp3) is 0.625. The second-order valence-corrected chi connectivity index (χ2v) is 10.9. The quantitative estimate of drug-likeness (QED) is 0.408. The van der Waals surface area contributed by atoms with Crippen molar-refractivity contribution in [3.05, 3.63) is 35.2 Å². The number of aryl methyl sites for hydroxylation is 1. The van der Waals surface area contributed by atoms with Crippen LogP contribution in [0.15, 0.2) is 17.0 Å². The van der Waals surface area contributed by atoms with Crippen molar-refractivity contribution < 1.29 is 40.9 Å². The lowest BCUT2D eigenvalue weighted by Gasteiger charge is -2.35. The zero-order valence-corrected chi connectivity index (χ0v) is 22.2. The van der Waals surface area contributed by atoms with Gasteiger partial charge in [-0.05, 0) is 30.8 Å². The number of amides is 3. The minimum absolute atomic E-state index is 0.0421. The Balaban J connectivity index is 1.33. The molecule has 0 radical (unpaired) electrons. The van der Waals surface area contributed by atoms with Crippen LogP contribution in [-0.2, 0) is 10.3 Å². The summed E-state index contributed by atoms with van der Waals surface area (Å²) < 4.78 is 79.6. The van der Waals surface area contributed by atoms with Gasteiger partial charge in [-0.25, -0.2) is 32.7 Å². The third kappa shape index (κ3) is 5.00. The first-order valence-electron chi connectivity index (χ1n) is 13.3. The minimum Gasteiger partial charge on any atom is -0.378 e. The lowest BCUT2D eigenvalue weighted by Crippen LogP contribution is -2.49. The highest BCUT2D eigenvalue weighted by atomic mass is 19.4. The van der Waals surface area contributed by atoms with Gasteiger partial charge in [0.1, 0.15) is 17.3 Å². The zero-order valence-electron chi connectivity index (χ0n) is 22.2. The number of imidazole rings is 1. The van der Waals surface area contributed by atoms with E-state index in [1.165, 1.54) is 23.8 Å². The van der Waals surface area contributed by atoms with E-state index in [9.17, 15) is 31.5 Å². The highest BCUT2D eigenvalue weighted by molar-refractivity contribution is 5.93. The van der Waals surface area contributed by atoms with Crippen LogP contribution in [0.4, 0.5) is 26.7 Å². The number of ether oxygens (including phenoxy) is 1. The van der Waals surface area contributed by atoms with Crippen LogP contribution in [0.5, 0.6) is 0 Å². The molecule has 6 rings (SSSR count). The van der Waals surface area contributed by atoms with E-state index in [0.717, 1.165) is 4.90 Å².